The lowest BCUT2D eigenvalue weighted by atomic mass is 9.86. The number of hydrogen-bond acceptors (Lipinski definition) is 0. The Kier molecular flexibility index (Phi) is 3.02. The van der Waals surface area contributed by atoms with Gasteiger partial charge in [-0.2, -0.15) is 0 Å². The van der Waals surface area contributed by atoms with Gasteiger partial charge in [0.25, 0.3) is 0 Å². The number of allylic oxidation sites excluding steroid dienone is 2. The molecule has 3 rings (SSSR count). The average Bonchev–Trinajstić information content (AvgIpc) is 2.89. The molecular formula is C19H20. The molecule has 0 N–H and O–H groups in total. The predicted molar refractivity (Wildman–Crippen MR) is 82.5 cm³/mol. The molecule has 1 aliphatic rings. The van der Waals surface area contributed by atoms with Crippen LogP contribution in [0.15, 0.2) is 48.5 Å². The Morgan fingerprint density at radius 3 is 2.32 bits per heavy atom. The summed E-state index contributed by atoms with van der Waals surface area (Å²) in [7, 11) is 0. The van der Waals surface area contributed by atoms with Crippen LogP contribution in [-0.4, -0.2) is 0 Å². The Labute approximate surface area is 115 Å². The van der Waals surface area contributed by atoms with Gasteiger partial charge in [0.15, 0.2) is 0 Å². The summed E-state index contributed by atoms with van der Waals surface area (Å²) in [5.41, 5.74) is 8.76. The summed E-state index contributed by atoms with van der Waals surface area (Å²) in [6.45, 7) is 6.77. The summed E-state index contributed by atoms with van der Waals surface area (Å²) >= 11 is 0. The molecule has 1 atom stereocenters. The maximum atomic E-state index is 2.42. The van der Waals surface area contributed by atoms with Crippen molar-refractivity contribution in [2.75, 3.05) is 0 Å². The summed E-state index contributed by atoms with van der Waals surface area (Å²) < 4.78 is 0. The quantitative estimate of drug-likeness (QED) is 0.698. The topological polar surface area (TPSA) is 0 Å². The molecule has 0 nitrogen and oxygen atoms in total. The van der Waals surface area contributed by atoms with E-state index in [-0.39, 0.29) is 0 Å². The Morgan fingerprint density at radius 2 is 1.58 bits per heavy atom. The summed E-state index contributed by atoms with van der Waals surface area (Å²) in [6, 6.07) is 15.3. The molecule has 0 heteroatoms. The zero-order chi connectivity index (χ0) is 13.4. The highest BCUT2D eigenvalue weighted by Gasteiger charge is 2.22. The third-order valence-electron chi connectivity index (χ3n) is 4.34. The lowest BCUT2D eigenvalue weighted by Gasteiger charge is -2.18. The fraction of sp³-hybridized carbons (Fsp3) is 0.263. The van der Waals surface area contributed by atoms with Crippen LogP contribution in [0.3, 0.4) is 0 Å². The summed E-state index contributed by atoms with van der Waals surface area (Å²) in [6.07, 6.45) is 3.51. The molecule has 2 aromatic rings. The van der Waals surface area contributed by atoms with Gasteiger partial charge in [0, 0.05) is 5.92 Å². The van der Waals surface area contributed by atoms with Crippen molar-refractivity contribution < 1.29 is 0 Å². The molecule has 1 aliphatic carbocycles. The van der Waals surface area contributed by atoms with E-state index in [1.807, 2.05) is 0 Å². The number of rotatable bonds is 2. The summed E-state index contributed by atoms with van der Waals surface area (Å²) in [5.74, 6) is 0.475. The molecule has 1 unspecified atom stereocenters. The van der Waals surface area contributed by atoms with E-state index >= 15 is 0 Å². The molecule has 96 valence electrons. The van der Waals surface area contributed by atoms with Crippen LogP contribution in [0.25, 0.3) is 5.57 Å². The minimum atomic E-state index is 0.475. The number of hydrogen-bond donors (Lipinski definition) is 0. The van der Waals surface area contributed by atoms with Gasteiger partial charge in [0.2, 0.25) is 0 Å². The van der Waals surface area contributed by atoms with Gasteiger partial charge in [-0.1, -0.05) is 55.5 Å². The highest BCUT2D eigenvalue weighted by Crippen LogP contribution is 2.40. The fourth-order valence-electron chi connectivity index (χ4n) is 3.16. The Morgan fingerprint density at radius 1 is 0.895 bits per heavy atom. The lowest BCUT2D eigenvalue weighted by Crippen LogP contribution is -1.99. The van der Waals surface area contributed by atoms with Crippen LogP contribution in [0.4, 0.5) is 0 Å². The first-order chi connectivity index (χ1) is 9.18. The first-order valence-electron chi connectivity index (χ1n) is 7.03. The van der Waals surface area contributed by atoms with E-state index in [4.69, 9.17) is 0 Å². The molecule has 0 spiro atoms. The van der Waals surface area contributed by atoms with Crippen molar-refractivity contribution >= 4 is 5.57 Å². The van der Waals surface area contributed by atoms with Gasteiger partial charge in [-0.05, 0) is 53.7 Å². The van der Waals surface area contributed by atoms with Crippen molar-refractivity contribution in [1.82, 2.24) is 0 Å². The van der Waals surface area contributed by atoms with Crippen molar-refractivity contribution in [2.45, 2.75) is 33.1 Å². The minimum absolute atomic E-state index is 0.475. The smallest absolute Gasteiger partial charge is 0.00640 e. The second-order valence-corrected chi connectivity index (χ2v) is 5.55. The molecular weight excluding hydrogens is 228 g/mol. The van der Waals surface area contributed by atoms with Crippen molar-refractivity contribution in [3.63, 3.8) is 0 Å². The second kappa shape index (κ2) is 4.70. The third kappa shape index (κ3) is 2.02. The largest absolute Gasteiger partial charge is 0.0757 e. The summed E-state index contributed by atoms with van der Waals surface area (Å²) in [5, 5.41) is 0. The maximum absolute atomic E-state index is 2.42. The zero-order valence-corrected chi connectivity index (χ0v) is 11.9. The van der Waals surface area contributed by atoms with Crippen molar-refractivity contribution in [1.29, 1.82) is 0 Å². The van der Waals surface area contributed by atoms with E-state index in [1.165, 1.54) is 33.4 Å². The van der Waals surface area contributed by atoms with E-state index in [2.05, 4.69) is 69.3 Å². The lowest BCUT2D eigenvalue weighted by molar-refractivity contribution is 0.989. The highest BCUT2D eigenvalue weighted by atomic mass is 14.3. The van der Waals surface area contributed by atoms with Gasteiger partial charge >= 0.3 is 0 Å². The molecule has 19 heavy (non-hydrogen) atoms. The minimum Gasteiger partial charge on any atom is -0.0757 e. The molecule has 0 aromatic heterocycles. The van der Waals surface area contributed by atoms with Gasteiger partial charge < -0.3 is 0 Å². The van der Waals surface area contributed by atoms with E-state index in [0.29, 0.717) is 5.92 Å². The third-order valence-corrected chi connectivity index (χ3v) is 4.34. The molecule has 0 saturated carbocycles. The van der Waals surface area contributed by atoms with Crippen LogP contribution in [-0.2, 0) is 6.42 Å². The van der Waals surface area contributed by atoms with E-state index in [9.17, 15) is 0 Å². The van der Waals surface area contributed by atoms with Gasteiger partial charge in [-0.3, -0.25) is 0 Å². The first-order valence-corrected chi connectivity index (χ1v) is 7.03. The Balaban J connectivity index is 2.05. The molecule has 0 heterocycles. The van der Waals surface area contributed by atoms with Gasteiger partial charge in [-0.15, -0.1) is 0 Å². The van der Waals surface area contributed by atoms with Gasteiger partial charge in [0.1, 0.15) is 0 Å². The van der Waals surface area contributed by atoms with Gasteiger partial charge in [0.05, 0.1) is 0 Å². The maximum Gasteiger partial charge on any atom is 0.00640 e. The van der Waals surface area contributed by atoms with E-state index < -0.39 is 0 Å². The molecule has 0 radical (unpaired) electrons. The van der Waals surface area contributed by atoms with Crippen LogP contribution in [0.5, 0.6) is 0 Å². The first kappa shape index (κ1) is 12.2. The van der Waals surface area contributed by atoms with Gasteiger partial charge in [-0.25, -0.2) is 0 Å². The standard InChI is InChI=1S/C19H20/c1-13-9-10-14(2)19-17(13)11-12-18(19)15(3)16-7-5-4-6-8-16/h4-10,12,15H,11H2,1-3H3. The van der Waals surface area contributed by atoms with E-state index in [1.54, 1.807) is 0 Å². The number of aryl methyl sites for hydroxylation is 2. The highest BCUT2D eigenvalue weighted by molar-refractivity contribution is 5.80. The molecule has 0 aliphatic heterocycles. The number of fused-ring (bicyclic) bond motifs is 1. The second-order valence-electron chi connectivity index (χ2n) is 5.55. The van der Waals surface area contributed by atoms with Crippen LogP contribution in [0.1, 0.15) is 40.7 Å². The molecule has 0 saturated heterocycles. The van der Waals surface area contributed by atoms with Crippen LogP contribution in [0.2, 0.25) is 0 Å². The number of benzene rings is 2. The monoisotopic (exact) mass is 248 g/mol. The average molecular weight is 248 g/mol. The molecule has 0 bridgehead atoms. The van der Waals surface area contributed by atoms with Crippen LogP contribution < -0.4 is 0 Å². The zero-order valence-electron chi connectivity index (χ0n) is 11.9. The Bertz CT molecular complexity index is 633. The Hall–Kier alpha value is -1.82. The normalized spacial score (nSPS) is 15.0. The van der Waals surface area contributed by atoms with Crippen molar-refractivity contribution in [2.24, 2.45) is 0 Å². The molecule has 0 amide bonds. The van der Waals surface area contributed by atoms with Crippen molar-refractivity contribution in [3.05, 3.63) is 76.4 Å². The predicted octanol–water partition coefficient (Wildman–Crippen LogP) is 5.05. The molecule has 2 aromatic carbocycles. The fourth-order valence-corrected chi connectivity index (χ4v) is 3.16. The summed E-state index contributed by atoms with van der Waals surface area (Å²) in [4.78, 5) is 0. The van der Waals surface area contributed by atoms with Crippen LogP contribution >= 0.6 is 0 Å². The van der Waals surface area contributed by atoms with E-state index in [0.717, 1.165) is 6.42 Å². The van der Waals surface area contributed by atoms with Crippen LogP contribution in [0, 0.1) is 13.8 Å². The SMILES string of the molecule is Cc1ccc(C)c2c1CC=C2C(C)c1ccccc1. The van der Waals surface area contributed by atoms with Crippen molar-refractivity contribution in [3.8, 4) is 0 Å². The molecule has 0 fully saturated rings.